The molecule has 0 amide bonds. The van der Waals surface area contributed by atoms with Gasteiger partial charge in [-0.2, -0.15) is 65.9 Å². The van der Waals surface area contributed by atoms with Crippen molar-refractivity contribution in [1.82, 2.24) is 0 Å². The first-order chi connectivity index (χ1) is 14.9. The smallest absolute Gasteiger partial charge is 0.166 e. The summed E-state index contributed by atoms with van der Waals surface area (Å²) in [6, 6.07) is 1.35. The third-order valence-electron chi connectivity index (χ3n) is 4.29. The Morgan fingerprint density at radius 1 is 0.412 bits per heavy atom. The van der Waals surface area contributed by atoms with Gasteiger partial charge in [0.15, 0.2) is 0 Å². The highest BCUT2D eigenvalue weighted by Gasteiger charge is 2.43. The van der Waals surface area contributed by atoms with Crippen LogP contribution in [-0.2, 0) is 30.9 Å². The summed E-state index contributed by atoms with van der Waals surface area (Å²) in [6.07, 6.45) is -25.4. The van der Waals surface area contributed by atoms with Crippen LogP contribution < -0.4 is 0 Å². The first-order valence-corrected chi connectivity index (χ1v) is 8.48. The molecule has 0 saturated carbocycles. The minimum absolute atomic E-state index is 0.329. The second kappa shape index (κ2) is 9.21. The highest BCUT2D eigenvalue weighted by atomic mass is 19.4. The molecule has 0 radical (unpaired) electrons. The molecule has 0 saturated heterocycles. The van der Waals surface area contributed by atoms with E-state index in [1.165, 1.54) is 0 Å². The Morgan fingerprint density at radius 2 is 0.676 bits per heavy atom. The molecule has 2 rings (SSSR count). The molecule has 2 aromatic rings. The molecule has 0 spiro atoms. The Balaban J connectivity index is 0.000000350. The van der Waals surface area contributed by atoms with E-state index in [9.17, 15) is 65.9 Å². The normalized spacial score (nSPS) is 13.4. The molecular weight excluding hydrogens is 513 g/mol. The summed E-state index contributed by atoms with van der Waals surface area (Å²) >= 11 is 0. The van der Waals surface area contributed by atoms with E-state index in [0.29, 0.717) is 19.1 Å². The lowest BCUT2D eigenvalue weighted by atomic mass is 9.97. The Hall–Kier alpha value is -2.61. The van der Waals surface area contributed by atoms with E-state index < -0.39 is 69.8 Å². The van der Waals surface area contributed by atoms with E-state index in [2.05, 4.69) is 0 Å². The van der Waals surface area contributed by atoms with Gasteiger partial charge in [-0.05, 0) is 49.2 Å². The molecule has 34 heavy (non-hydrogen) atoms. The van der Waals surface area contributed by atoms with Crippen molar-refractivity contribution in [3.05, 3.63) is 69.3 Å². The minimum Gasteiger partial charge on any atom is -0.166 e. The summed E-state index contributed by atoms with van der Waals surface area (Å²) in [5.74, 6) is 0. The van der Waals surface area contributed by atoms with Crippen LogP contribution in [0.1, 0.15) is 38.9 Å². The topological polar surface area (TPSA) is 0 Å². The van der Waals surface area contributed by atoms with Gasteiger partial charge in [0.2, 0.25) is 0 Å². The number of rotatable bonds is 0. The number of hydrogen-bond acceptors (Lipinski definition) is 0. The highest BCUT2D eigenvalue weighted by Crippen LogP contribution is 2.43. The molecule has 0 heterocycles. The lowest BCUT2D eigenvalue weighted by Crippen LogP contribution is -2.18. The Bertz CT molecular complexity index is 932. The van der Waals surface area contributed by atoms with Gasteiger partial charge < -0.3 is 0 Å². The summed E-state index contributed by atoms with van der Waals surface area (Å²) < 4.78 is 185. The average molecular weight is 524 g/mol. The van der Waals surface area contributed by atoms with E-state index >= 15 is 0 Å². The molecular formula is C19H11F15. The second-order valence-electron chi connectivity index (χ2n) is 6.66. The van der Waals surface area contributed by atoms with Gasteiger partial charge in [-0.25, -0.2) is 0 Å². The van der Waals surface area contributed by atoms with Gasteiger partial charge in [-0.15, -0.1) is 0 Å². The van der Waals surface area contributed by atoms with Gasteiger partial charge in [0.25, 0.3) is 0 Å². The first kappa shape index (κ1) is 29.4. The van der Waals surface area contributed by atoms with Gasteiger partial charge in [0, 0.05) is 0 Å². The maximum Gasteiger partial charge on any atom is 0.416 e. The van der Waals surface area contributed by atoms with Gasteiger partial charge >= 0.3 is 30.9 Å². The van der Waals surface area contributed by atoms with Crippen molar-refractivity contribution in [2.24, 2.45) is 0 Å². The number of hydrogen-bond donors (Lipinski definition) is 0. The monoisotopic (exact) mass is 524 g/mol. The Morgan fingerprint density at radius 3 is 0.912 bits per heavy atom. The Kier molecular flexibility index (Phi) is 7.97. The fourth-order valence-electron chi connectivity index (χ4n) is 2.72. The van der Waals surface area contributed by atoms with Crippen molar-refractivity contribution >= 4 is 0 Å². The number of alkyl halides is 15. The maximum absolute atomic E-state index is 12.5. The van der Waals surface area contributed by atoms with Crippen molar-refractivity contribution in [3.63, 3.8) is 0 Å². The quantitative estimate of drug-likeness (QED) is 0.302. The number of benzene rings is 2. The molecule has 2 aromatic carbocycles. The van der Waals surface area contributed by atoms with Crippen LogP contribution in [0, 0.1) is 13.8 Å². The zero-order valence-electron chi connectivity index (χ0n) is 16.6. The predicted molar refractivity (Wildman–Crippen MR) is 87.4 cm³/mol. The molecule has 0 unspecified atom stereocenters. The van der Waals surface area contributed by atoms with Crippen molar-refractivity contribution < 1.29 is 65.9 Å². The molecule has 0 aliphatic carbocycles. The largest absolute Gasteiger partial charge is 0.416 e. The molecule has 0 aliphatic rings. The highest BCUT2D eigenvalue weighted by molar-refractivity contribution is 5.42. The fourth-order valence-corrected chi connectivity index (χ4v) is 2.72. The molecule has 0 aliphatic heterocycles. The molecule has 0 aromatic heterocycles. The van der Waals surface area contributed by atoms with Gasteiger partial charge in [0.1, 0.15) is 0 Å². The maximum atomic E-state index is 12.5. The summed E-state index contributed by atoms with van der Waals surface area (Å²) in [6.45, 7) is 1.29. The van der Waals surface area contributed by atoms with Crippen LogP contribution in [0.5, 0.6) is 0 Å². The van der Waals surface area contributed by atoms with Crippen molar-refractivity contribution in [3.8, 4) is 0 Å². The SMILES string of the molecule is Cc1c(C(F)(F)F)cc(C(F)(F)F)cc1C(F)(F)F.Cc1c(C(F)(F)F)cccc1C(F)(F)F. The third kappa shape index (κ3) is 7.19. The van der Waals surface area contributed by atoms with Crippen LogP contribution in [0.3, 0.4) is 0 Å². The van der Waals surface area contributed by atoms with Crippen LogP contribution in [0.2, 0.25) is 0 Å². The lowest BCUT2D eigenvalue weighted by Gasteiger charge is -2.19. The van der Waals surface area contributed by atoms with Gasteiger partial charge in [-0.3, -0.25) is 0 Å². The Labute approximate surface area is 181 Å². The van der Waals surface area contributed by atoms with Crippen LogP contribution in [0.4, 0.5) is 65.9 Å². The predicted octanol–water partition coefficient (Wildman–Crippen LogP) is 9.08. The fraction of sp³-hybridized carbons (Fsp3) is 0.368. The van der Waals surface area contributed by atoms with Crippen molar-refractivity contribution in [2.45, 2.75) is 44.7 Å². The number of halogens is 15. The summed E-state index contributed by atoms with van der Waals surface area (Å²) in [5, 5.41) is 0. The average Bonchev–Trinajstić information content (AvgIpc) is 2.57. The van der Waals surface area contributed by atoms with Crippen molar-refractivity contribution in [1.29, 1.82) is 0 Å². The lowest BCUT2D eigenvalue weighted by molar-refractivity contribution is -0.149. The molecule has 0 bridgehead atoms. The molecule has 0 fully saturated rings. The molecule has 192 valence electrons. The first-order valence-electron chi connectivity index (χ1n) is 8.48. The second-order valence-corrected chi connectivity index (χ2v) is 6.66. The zero-order chi connectivity index (χ0) is 27.1. The summed E-state index contributed by atoms with van der Waals surface area (Å²) in [7, 11) is 0. The van der Waals surface area contributed by atoms with Crippen LogP contribution in [0.25, 0.3) is 0 Å². The van der Waals surface area contributed by atoms with E-state index in [4.69, 9.17) is 0 Å². The molecule has 15 heteroatoms. The van der Waals surface area contributed by atoms with Gasteiger partial charge in [-0.1, -0.05) is 6.07 Å². The minimum atomic E-state index is -5.30. The van der Waals surface area contributed by atoms with Crippen LogP contribution in [-0.4, -0.2) is 0 Å². The zero-order valence-corrected chi connectivity index (χ0v) is 16.6. The van der Waals surface area contributed by atoms with E-state index in [1.807, 2.05) is 0 Å². The van der Waals surface area contributed by atoms with E-state index in [-0.39, 0.29) is 12.1 Å². The van der Waals surface area contributed by atoms with Gasteiger partial charge in [0.05, 0.1) is 27.8 Å². The standard InChI is InChI=1S/C10H5F9.C9H6F6/c1-4-6(9(14,15)16)2-5(8(11,12)13)3-7(4)10(17,18)19;1-5-6(8(10,11)12)3-2-4-7(5)9(13,14)15/h2-3H,1H3;2-4H,1H3. The van der Waals surface area contributed by atoms with Crippen molar-refractivity contribution in [2.75, 3.05) is 0 Å². The van der Waals surface area contributed by atoms with Crippen LogP contribution in [0.15, 0.2) is 30.3 Å². The summed E-state index contributed by atoms with van der Waals surface area (Å²) in [4.78, 5) is 0. The third-order valence-corrected chi connectivity index (χ3v) is 4.29. The summed E-state index contributed by atoms with van der Waals surface area (Å²) in [5.41, 5.74) is -10.5. The van der Waals surface area contributed by atoms with E-state index in [0.717, 1.165) is 13.0 Å². The molecule has 0 atom stereocenters. The van der Waals surface area contributed by atoms with E-state index in [1.54, 1.807) is 0 Å². The molecule has 0 N–H and O–H groups in total. The van der Waals surface area contributed by atoms with Crippen LogP contribution >= 0.6 is 0 Å². The molecule has 0 nitrogen and oxygen atoms in total.